The Hall–Kier alpha value is -2.89. The van der Waals surface area contributed by atoms with Gasteiger partial charge in [0.2, 0.25) is 0 Å². The highest BCUT2D eigenvalue weighted by Gasteiger charge is 2.08. The van der Waals surface area contributed by atoms with Crippen molar-refractivity contribution in [3.8, 4) is 11.5 Å². The summed E-state index contributed by atoms with van der Waals surface area (Å²) in [5, 5.41) is 23.9. The molecule has 0 spiro atoms. The molecule has 2 N–H and O–H groups in total. The van der Waals surface area contributed by atoms with Crippen LogP contribution < -0.4 is 4.74 Å². The largest absolute Gasteiger partial charge is 0.508 e. The van der Waals surface area contributed by atoms with Gasteiger partial charge in [0, 0.05) is 12.0 Å². The van der Waals surface area contributed by atoms with E-state index in [1.807, 2.05) is 30.3 Å². The number of aromatic hydroxyl groups is 1. The van der Waals surface area contributed by atoms with Gasteiger partial charge in [-0.2, -0.15) is 5.21 Å². The van der Waals surface area contributed by atoms with Gasteiger partial charge in [0.05, 0.1) is 0 Å². The molecule has 1 heterocycles. The van der Waals surface area contributed by atoms with Crippen LogP contribution in [0, 0.1) is 0 Å². The van der Waals surface area contributed by atoms with Gasteiger partial charge in [-0.15, -0.1) is 10.2 Å². The lowest BCUT2D eigenvalue weighted by Gasteiger charge is -2.12. The number of H-pyrrole nitrogens is 1. The van der Waals surface area contributed by atoms with Crippen molar-refractivity contribution in [2.45, 2.75) is 32.8 Å². The molecule has 6 heteroatoms. The number of nitrogens with one attached hydrogen (secondary N) is 1. The van der Waals surface area contributed by atoms with Crippen molar-refractivity contribution in [3.63, 3.8) is 0 Å². The van der Waals surface area contributed by atoms with Crippen LogP contribution in [0.3, 0.4) is 0 Å². The van der Waals surface area contributed by atoms with Crippen molar-refractivity contribution in [2.24, 2.45) is 0 Å². The fourth-order valence-corrected chi connectivity index (χ4v) is 2.54. The molecule has 0 atom stereocenters. The van der Waals surface area contributed by atoms with E-state index in [0.717, 1.165) is 35.3 Å². The number of aromatic amines is 1. The molecule has 0 aliphatic carbocycles. The number of rotatable bonds is 7. The Morgan fingerprint density at radius 3 is 2.58 bits per heavy atom. The number of nitrogens with zero attached hydrogens (tertiary/aromatic N) is 3. The van der Waals surface area contributed by atoms with Crippen LogP contribution in [0.5, 0.6) is 11.5 Å². The average molecular weight is 324 g/mol. The van der Waals surface area contributed by atoms with Gasteiger partial charge in [-0.3, -0.25) is 0 Å². The first-order valence-electron chi connectivity index (χ1n) is 8.00. The molecule has 0 radical (unpaired) electrons. The molecule has 0 aliphatic rings. The lowest BCUT2D eigenvalue weighted by atomic mass is 10.1. The maximum absolute atomic E-state index is 9.98. The Morgan fingerprint density at radius 2 is 1.88 bits per heavy atom. The average Bonchev–Trinajstić information content (AvgIpc) is 3.10. The highest BCUT2D eigenvalue weighted by molar-refractivity contribution is 5.44. The van der Waals surface area contributed by atoms with Gasteiger partial charge in [-0.1, -0.05) is 48.9 Å². The maximum Gasteiger partial charge on any atom is 0.178 e. The van der Waals surface area contributed by atoms with Crippen molar-refractivity contribution in [1.82, 2.24) is 20.6 Å². The quantitative estimate of drug-likeness (QED) is 0.698. The molecule has 0 saturated carbocycles. The zero-order chi connectivity index (χ0) is 16.8. The second-order valence-corrected chi connectivity index (χ2v) is 5.61. The van der Waals surface area contributed by atoms with Crippen LogP contribution in [-0.4, -0.2) is 25.7 Å². The van der Waals surface area contributed by atoms with Crippen molar-refractivity contribution in [1.29, 1.82) is 0 Å². The van der Waals surface area contributed by atoms with Crippen LogP contribution in [0.15, 0.2) is 42.5 Å². The first kappa shape index (κ1) is 16.0. The van der Waals surface area contributed by atoms with E-state index < -0.39 is 0 Å². The summed E-state index contributed by atoms with van der Waals surface area (Å²) in [7, 11) is 0. The first-order chi connectivity index (χ1) is 11.8. The number of hydrogen-bond acceptors (Lipinski definition) is 5. The second-order valence-electron chi connectivity index (χ2n) is 5.61. The third-order valence-corrected chi connectivity index (χ3v) is 3.78. The second kappa shape index (κ2) is 7.59. The van der Waals surface area contributed by atoms with Crippen LogP contribution in [0.2, 0.25) is 0 Å². The van der Waals surface area contributed by atoms with Crippen molar-refractivity contribution >= 4 is 0 Å². The molecule has 3 rings (SSSR count). The lowest BCUT2D eigenvalue weighted by Crippen LogP contribution is -1.99. The van der Waals surface area contributed by atoms with Crippen LogP contribution in [0.25, 0.3) is 0 Å². The predicted molar refractivity (Wildman–Crippen MR) is 89.9 cm³/mol. The van der Waals surface area contributed by atoms with Gasteiger partial charge >= 0.3 is 0 Å². The van der Waals surface area contributed by atoms with Gasteiger partial charge in [0.15, 0.2) is 5.82 Å². The Kier molecular flexibility index (Phi) is 5.05. The Bertz CT molecular complexity index is 770. The zero-order valence-electron chi connectivity index (χ0n) is 13.6. The summed E-state index contributed by atoms with van der Waals surface area (Å²) in [6.45, 7) is 2.54. The van der Waals surface area contributed by atoms with E-state index in [4.69, 9.17) is 4.74 Å². The van der Waals surface area contributed by atoms with Gasteiger partial charge < -0.3 is 9.84 Å². The van der Waals surface area contributed by atoms with E-state index >= 15 is 0 Å². The van der Waals surface area contributed by atoms with E-state index in [2.05, 4.69) is 27.5 Å². The first-order valence-corrected chi connectivity index (χ1v) is 8.00. The number of phenols is 1. The Morgan fingerprint density at radius 1 is 1.08 bits per heavy atom. The molecule has 0 aliphatic heterocycles. The van der Waals surface area contributed by atoms with E-state index in [-0.39, 0.29) is 0 Å². The highest BCUT2D eigenvalue weighted by Crippen LogP contribution is 2.29. The molecule has 1 aromatic heterocycles. The minimum absolute atomic E-state index is 0.296. The number of tetrazole rings is 1. The van der Waals surface area contributed by atoms with Gasteiger partial charge in [-0.25, -0.2) is 0 Å². The van der Waals surface area contributed by atoms with Crippen molar-refractivity contribution < 1.29 is 9.84 Å². The van der Waals surface area contributed by atoms with E-state index in [1.165, 1.54) is 0 Å². The molecule has 0 fully saturated rings. The van der Waals surface area contributed by atoms with E-state index in [9.17, 15) is 5.11 Å². The molecule has 24 heavy (non-hydrogen) atoms. The number of benzene rings is 2. The van der Waals surface area contributed by atoms with Crippen LogP contribution in [0.4, 0.5) is 0 Å². The van der Waals surface area contributed by atoms with Crippen LogP contribution in [0.1, 0.15) is 35.9 Å². The SMILES string of the molecule is CCCc1c(O)cccc1OCc1ccc(Cc2nn[nH]n2)cc1. The number of ether oxygens (including phenoxy) is 1. The molecule has 3 aromatic rings. The number of aromatic nitrogens is 4. The smallest absolute Gasteiger partial charge is 0.178 e. The Labute approximate surface area is 140 Å². The molecule has 6 nitrogen and oxygen atoms in total. The molecule has 0 bridgehead atoms. The van der Waals surface area contributed by atoms with Crippen molar-refractivity contribution in [3.05, 3.63) is 65.0 Å². The maximum atomic E-state index is 9.98. The summed E-state index contributed by atoms with van der Waals surface area (Å²) < 4.78 is 5.90. The molecule has 124 valence electrons. The molecule has 0 amide bonds. The molecular weight excluding hydrogens is 304 g/mol. The highest BCUT2D eigenvalue weighted by atomic mass is 16.5. The number of hydrogen-bond donors (Lipinski definition) is 2. The summed E-state index contributed by atoms with van der Waals surface area (Å²) in [6.07, 6.45) is 2.40. The van der Waals surface area contributed by atoms with E-state index in [1.54, 1.807) is 12.1 Å². The van der Waals surface area contributed by atoms with Gasteiger partial charge in [0.1, 0.15) is 18.1 Å². The number of phenolic OH excluding ortho intramolecular Hbond substituents is 1. The minimum Gasteiger partial charge on any atom is -0.508 e. The van der Waals surface area contributed by atoms with E-state index in [0.29, 0.717) is 24.6 Å². The molecule has 0 unspecified atom stereocenters. The third-order valence-electron chi connectivity index (χ3n) is 3.78. The Balaban J connectivity index is 1.64. The fourth-order valence-electron chi connectivity index (χ4n) is 2.54. The van der Waals surface area contributed by atoms with Crippen LogP contribution >= 0.6 is 0 Å². The molecule has 2 aromatic carbocycles. The van der Waals surface area contributed by atoms with Crippen molar-refractivity contribution in [2.75, 3.05) is 0 Å². The summed E-state index contributed by atoms with van der Waals surface area (Å²) in [6, 6.07) is 13.5. The summed E-state index contributed by atoms with van der Waals surface area (Å²) in [4.78, 5) is 0. The molecule has 0 saturated heterocycles. The molecular formula is C18H20N4O2. The lowest BCUT2D eigenvalue weighted by molar-refractivity contribution is 0.300. The fraction of sp³-hybridized carbons (Fsp3) is 0.278. The zero-order valence-corrected chi connectivity index (χ0v) is 13.6. The predicted octanol–water partition coefficient (Wildman–Crippen LogP) is 3.03. The third kappa shape index (κ3) is 3.90. The summed E-state index contributed by atoms with van der Waals surface area (Å²) in [5.41, 5.74) is 3.05. The summed E-state index contributed by atoms with van der Waals surface area (Å²) in [5.74, 6) is 1.71. The monoisotopic (exact) mass is 324 g/mol. The van der Waals surface area contributed by atoms with Gasteiger partial charge in [0.25, 0.3) is 0 Å². The minimum atomic E-state index is 0.296. The normalized spacial score (nSPS) is 10.7. The summed E-state index contributed by atoms with van der Waals surface area (Å²) >= 11 is 0. The standard InChI is InChI=1S/C18H20N4O2/c1-2-4-15-16(23)5-3-6-17(15)24-12-14-9-7-13(8-10-14)11-18-19-21-22-20-18/h3,5-10,23H,2,4,11-12H2,1H3,(H,19,20,21,22). The van der Waals surface area contributed by atoms with Gasteiger partial charge in [-0.05, 0) is 29.7 Å². The van der Waals surface area contributed by atoms with Crippen LogP contribution in [-0.2, 0) is 19.4 Å². The topological polar surface area (TPSA) is 83.9 Å².